The molecule has 0 bridgehead atoms. The van der Waals surface area contributed by atoms with E-state index in [-0.39, 0.29) is 12.5 Å². The van der Waals surface area contributed by atoms with Gasteiger partial charge >= 0.3 is 0 Å². The second-order valence-electron chi connectivity index (χ2n) is 10.1. The molecule has 2 atom stereocenters. The number of aliphatic hydroxyl groups excluding tert-OH is 1. The first kappa shape index (κ1) is 28.9. The van der Waals surface area contributed by atoms with Crippen LogP contribution in [-0.4, -0.2) is 35.2 Å². The predicted molar refractivity (Wildman–Crippen MR) is 154 cm³/mol. The van der Waals surface area contributed by atoms with E-state index in [0.717, 1.165) is 18.4 Å². The number of anilines is 3. The van der Waals surface area contributed by atoms with Gasteiger partial charge in [0.15, 0.2) is 5.60 Å². The Hall–Kier alpha value is -3.68. The highest BCUT2D eigenvalue weighted by Crippen LogP contribution is 2.46. The van der Waals surface area contributed by atoms with Gasteiger partial charge in [0, 0.05) is 41.6 Å². The number of fused-ring (bicyclic) bond motifs is 1. The van der Waals surface area contributed by atoms with Gasteiger partial charge in [-0.15, -0.1) is 0 Å². The van der Waals surface area contributed by atoms with Crippen molar-refractivity contribution in [2.24, 2.45) is 5.92 Å². The zero-order valence-corrected chi connectivity index (χ0v) is 22.7. The Bertz CT molecular complexity index is 1240. The average Bonchev–Trinajstić information content (AvgIpc) is 3.09. The molecule has 7 heteroatoms. The molecular formula is C31H39N3O4. The standard InChI is InChI=1S/C31H39N3O4/c1-21(2)8-7-9-22(3)17-18-34-28-16-15-26(33-29(36)24-11-13-25(32)14-12-24)20-27(28)31(38,30(34)37)23(4)10-5-6-19-35/h5,8,10-17,20,23,35,38H,6-7,9,18-19,32H2,1-4H3,(H,33,36)/b10-5+,22-17+/t23-,31+/m0/s1. The minimum Gasteiger partial charge on any atom is -0.399 e. The second-order valence-corrected chi connectivity index (χ2v) is 10.1. The van der Waals surface area contributed by atoms with Crippen LogP contribution >= 0.6 is 0 Å². The van der Waals surface area contributed by atoms with Crippen LogP contribution in [0.2, 0.25) is 0 Å². The zero-order chi connectivity index (χ0) is 27.9. The Morgan fingerprint density at radius 1 is 1.11 bits per heavy atom. The maximum absolute atomic E-state index is 13.7. The minimum absolute atomic E-state index is 0.0174. The van der Waals surface area contributed by atoms with Gasteiger partial charge in [-0.25, -0.2) is 0 Å². The largest absolute Gasteiger partial charge is 0.399 e. The third-order valence-electron chi connectivity index (χ3n) is 6.79. The molecule has 2 aromatic carbocycles. The smallest absolute Gasteiger partial charge is 0.264 e. The lowest BCUT2D eigenvalue weighted by atomic mass is 9.82. The van der Waals surface area contributed by atoms with E-state index in [1.165, 1.54) is 5.57 Å². The Kier molecular flexibility index (Phi) is 9.66. The Balaban J connectivity index is 1.93. The highest BCUT2D eigenvalue weighted by atomic mass is 16.3. The molecule has 0 unspecified atom stereocenters. The van der Waals surface area contributed by atoms with Gasteiger partial charge in [-0.2, -0.15) is 0 Å². The van der Waals surface area contributed by atoms with E-state index >= 15 is 0 Å². The average molecular weight is 518 g/mol. The maximum atomic E-state index is 13.7. The van der Waals surface area contributed by atoms with Crippen LogP contribution in [0, 0.1) is 5.92 Å². The Labute approximate surface area is 225 Å². The fraction of sp³-hybridized carbons (Fsp3) is 0.355. The van der Waals surface area contributed by atoms with Crippen LogP contribution in [0.25, 0.3) is 0 Å². The van der Waals surface area contributed by atoms with Gasteiger partial charge in [0.05, 0.1) is 5.69 Å². The summed E-state index contributed by atoms with van der Waals surface area (Å²) < 4.78 is 0. The minimum atomic E-state index is -1.81. The van der Waals surface area contributed by atoms with Crippen molar-refractivity contribution in [2.45, 2.75) is 52.6 Å². The summed E-state index contributed by atoms with van der Waals surface area (Å²) >= 11 is 0. The highest BCUT2D eigenvalue weighted by molar-refractivity contribution is 6.09. The normalized spacial score (nSPS) is 18.0. The van der Waals surface area contributed by atoms with Crippen molar-refractivity contribution in [3.8, 4) is 0 Å². The summed E-state index contributed by atoms with van der Waals surface area (Å²) in [6.45, 7) is 8.28. The Morgan fingerprint density at radius 2 is 1.82 bits per heavy atom. The second kappa shape index (κ2) is 12.7. The van der Waals surface area contributed by atoms with E-state index in [0.29, 0.717) is 41.2 Å². The van der Waals surface area contributed by atoms with Crippen molar-refractivity contribution < 1.29 is 19.8 Å². The van der Waals surface area contributed by atoms with Crippen LogP contribution in [0.4, 0.5) is 17.1 Å². The van der Waals surface area contributed by atoms with Crippen molar-refractivity contribution in [2.75, 3.05) is 29.1 Å². The van der Waals surface area contributed by atoms with Gasteiger partial charge in [0.25, 0.3) is 11.8 Å². The van der Waals surface area contributed by atoms with E-state index in [1.54, 1.807) is 66.4 Å². The molecule has 0 aliphatic carbocycles. The number of aliphatic hydroxyl groups is 2. The molecule has 202 valence electrons. The van der Waals surface area contributed by atoms with Gasteiger partial charge in [0.2, 0.25) is 0 Å². The summed E-state index contributed by atoms with van der Waals surface area (Å²) in [5.41, 5.74) is 8.88. The zero-order valence-electron chi connectivity index (χ0n) is 22.7. The number of benzene rings is 2. The third kappa shape index (κ3) is 6.60. The summed E-state index contributed by atoms with van der Waals surface area (Å²) in [6.07, 6.45) is 9.97. The first-order chi connectivity index (χ1) is 18.1. The van der Waals surface area contributed by atoms with Gasteiger partial charge in [-0.1, -0.05) is 42.4 Å². The van der Waals surface area contributed by atoms with Crippen molar-refractivity contribution in [3.05, 3.63) is 89.0 Å². The van der Waals surface area contributed by atoms with Crippen molar-refractivity contribution >= 4 is 28.9 Å². The Morgan fingerprint density at radius 3 is 2.47 bits per heavy atom. The molecular weight excluding hydrogens is 478 g/mol. The van der Waals surface area contributed by atoms with Gasteiger partial charge in [0.1, 0.15) is 0 Å². The topological polar surface area (TPSA) is 116 Å². The molecule has 2 amide bonds. The number of amides is 2. The lowest BCUT2D eigenvalue weighted by Gasteiger charge is -2.27. The fourth-order valence-corrected chi connectivity index (χ4v) is 4.50. The number of nitrogens with one attached hydrogen (secondary N) is 1. The SMILES string of the molecule is CC(C)=CCC/C(C)=C/CN1C(=O)[C@@](O)([C@@H](C)/C=C/CCO)c2cc(NC(=O)c3ccc(N)cc3)ccc21. The summed E-state index contributed by atoms with van der Waals surface area (Å²) in [5, 5.41) is 23.9. The number of nitrogens with zero attached hydrogens (tertiary/aromatic N) is 1. The van der Waals surface area contributed by atoms with Crippen LogP contribution in [0.1, 0.15) is 62.9 Å². The van der Waals surface area contributed by atoms with E-state index < -0.39 is 17.4 Å². The highest BCUT2D eigenvalue weighted by Gasteiger charge is 2.52. The molecule has 5 N–H and O–H groups in total. The first-order valence-corrected chi connectivity index (χ1v) is 13.0. The van der Waals surface area contributed by atoms with E-state index in [2.05, 4.69) is 25.2 Å². The summed E-state index contributed by atoms with van der Waals surface area (Å²) in [5.74, 6) is -1.29. The van der Waals surface area contributed by atoms with Gasteiger partial charge < -0.3 is 26.2 Å². The number of carbonyl (C=O) groups excluding carboxylic acids is 2. The molecule has 0 saturated heterocycles. The van der Waals surface area contributed by atoms with E-state index in [9.17, 15) is 14.7 Å². The molecule has 2 aromatic rings. The quantitative estimate of drug-likeness (QED) is 0.238. The molecule has 7 nitrogen and oxygen atoms in total. The number of allylic oxidation sites excluding steroid dienone is 3. The maximum Gasteiger partial charge on any atom is 0.264 e. The molecule has 0 aromatic heterocycles. The molecule has 38 heavy (non-hydrogen) atoms. The molecule has 0 spiro atoms. The molecule has 0 saturated carbocycles. The van der Waals surface area contributed by atoms with E-state index in [1.807, 2.05) is 13.0 Å². The fourth-order valence-electron chi connectivity index (χ4n) is 4.50. The van der Waals surface area contributed by atoms with Gasteiger partial charge in [-0.3, -0.25) is 9.59 Å². The number of hydrogen-bond acceptors (Lipinski definition) is 5. The lowest BCUT2D eigenvalue weighted by molar-refractivity contribution is -0.139. The van der Waals surface area contributed by atoms with E-state index in [4.69, 9.17) is 10.8 Å². The first-order valence-electron chi connectivity index (χ1n) is 13.0. The number of hydrogen-bond donors (Lipinski definition) is 4. The number of nitrogen functional groups attached to an aromatic ring is 1. The molecule has 3 rings (SSSR count). The number of rotatable bonds is 11. The third-order valence-corrected chi connectivity index (χ3v) is 6.79. The molecule has 1 aliphatic rings. The number of carbonyl (C=O) groups is 2. The molecule has 1 heterocycles. The van der Waals surface area contributed by atoms with Gasteiger partial charge in [-0.05, 0) is 82.5 Å². The molecule has 1 aliphatic heterocycles. The molecule has 0 radical (unpaired) electrons. The summed E-state index contributed by atoms with van der Waals surface area (Å²) in [4.78, 5) is 28.1. The molecule has 0 fully saturated rings. The predicted octanol–water partition coefficient (Wildman–Crippen LogP) is 5.32. The number of nitrogens with two attached hydrogens (primary N) is 1. The summed E-state index contributed by atoms with van der Waals surface area (Å²) in [7, 11) is 0. The van der Waals surface area contributed by atoms with Crippen LogP contribution in [0.5, 0.6) is 0 Å². The lowest BCUT2D eigenvalue weighted by Crippen LogP contribution is -2.44. The van der Waals surface area contributed by atoms with Crippen molar-refractivity contribution in [3.63, 3.8) is 0 Å². The van der Waals surface area contributed by atoms with Crippen molar-refractivity contribution in [1.29, 1.82) is 0 Å². The van der Waals surface area contributed by atoms with Crippen LogP contribution < -0.4 is 16.0 Å². The summed E-state index contributed by atoms with van der Waals surface area (Å²) in [6, 6.07) is 11.8. The van der Waals surface area contributed by atoms with Crippen molar-refractivity contribution in [1.82, 2.24) is 0 Å². The monoisotopic (exact) mass is 517 g/mol. The van der Waals surface area contributed by atoms with Crippen LogP contribution in [0.15, 0.2) is 77.9 Å². The van der Waals surface area contributed by atoms with Crippen LogP contribution in [-0.2, 0) is 10.4 Å². The van der Waals surface area contributed by atoms with Crippen LogP contribution in [0.3, 0.4) is 0 Å².